The highest BCUT2D eigenvalue weighted by atomic mass is 16.6. The molecule has 0 fully saturated rings. The third-order valence-electron chi connectivity index (χ3n) is 8.64. The number of ether oxygens (including phenoxy) is 3. The van der Waals surface area contributed by atoms with Crippen LogP contribution in [0.4, 0.5) is 0 Å². The van der Waals surface area contributed by atoms with Crippen molar-refractivity contribution in [3.8, 4) is 0 Å². The number of esters is 3. The van der Waals surface area contributed by atoms with Crippen molar-refractivity contribution in [2.45, 2.75) is 193 Å². The summed E-state index contributed by atoms with van der Waals surface area (Å²) >= 11 is 0. The Kier molecular flexibility index (Phi) is 28.4. The molecule has 0 amide bonds. The largest absolute Gasteiger partial charge is 0.481 e. The first kappa shape index (κ1) is 43.6. The van der Waals surface area contributed by atoms with Gasteiger partial charge in [0, 0.05) is 32.3 Å². The van der Waals surface area contributed by atoms with Crippen LogP contribution in [-0.2, 0) is 33.4 Å². The van der Waals surface area contributed by atoms with Crippen molar-refractivity contribution in [3.05, 3.63) is 11.6 Å². The van der Waals surface area contributed by atoms with Crippen molar-refractivity contribution in [2.24, 2.45) is 0 Å². The van der Waals surface area contributed by atoms with Crippen molar-refractivity contribution < 1.29 is 38.5 Å². The lowest BCUT2D eigenvalue weighted by molar-refractivity contribution is -0.171. The van der Waals surface area contributed by atoms with Crippen LogP contribution in [0.1, 0.15) is 188 Å². The standard InChI is InChI=1S/C38H68O8/c1-5-6-7-8-9-10-11-12-13-15-18-21-24-27-35(37(43)44-4)29-31-38(46-34(3)40,32-45-33(2)39)30-26-23-20-17-14-16-19-22-25-28-36(41)42/h29H,5-28,30-32H2,1-4H3,(H,41,42)/b35-29-. The lowest BCUT2D eigenvalue weighted by atomic mass is 9.90. The Morgan fingerprint density at radius 2 is 1.04 bits per heavy atom. The Balaban J connectivity index is 4.81. The molecule has 1 atom stereocenters. The minimum atomic E-state index is -1.03. The first-order valence-electron chi connectivity index (χ1n) is 18.5. The van der Waals surface area contributed by atoms with E-state index in [1.807, 2.05) is 6.08 Å². The second-order valence-electron chi connectivity index (χ2n) is 13.1. The predicted molar refractivity (Wildman–Crippen MR) is 185 cm³/mol. The number of hydrogen-bond donors (Lipinski definition) is 1. The van der Waals surface area contributed by atoms with E-state index in [4.69, 9.17) is 19.3 Å². The number of aliphatic carboxylic acids is 1. The highest BCUT2D eigenvalue weighted by Gasteiger charge is 2.34. The zero-order valence-electron chi connectivity index (χ0n) is 30.0. The van der Waals surface area contributed by atoms with Crippen LogP contribution in [0, 0.1) is 0 Å². The van der Waals surface area contributed by atoms with E-state index in [-0.39, 0.29) is 25.4 Å². The molecule has 1 N–H and O–H groups in total. The predicted octanol–water partition coefficient (Wildman–Crippen LogP) is 10.2. The normalized spacial score (nSPS) is 12.8. The van der Waals surface area contributed by atoms with Gasteiger partial charge in [-0.2, -0.15) is 0 Å². The molecular weight excluding hydrogens is 584 g/mol. The highest BCUT2D eigenvalue weighted by molar-refractivity contribution is 5.88. The van der Waals surface area contributed by atoms with Gasteiger partial charge in [-0.15, -0.1) is 0 Å². The van der Waals surface area contributed by atoms with E-state index in [0.29, 0.717) is 18.4 Å². The van der Waals surface area contributed by atoms with E-state index in [1.165, 1.54) is 85.2 Å². The fourth-order valence-corrected chi connectivity index (χ4v) is 5.92. The second kappa shape index (κ2) is 30.0. The second-order valence-corrected chi connectivity index (χ2v) is 13.1. The van der Waals surface area contributed by atoms with E-state index < -0.39 is 23.5 Å². The maximum Gasteiger partial charge on any atom is 0.333 e. The van der Waals surface area contributed by atoms with Crippen LogP contribution in [-0.4, -0.2) is 48.3 Å². The number of unbranched alkanes of at least 4 members (excludes halogenated alkanes) is 20. The van der Waals surface area contributed by atoms with Gasteiger partial charge >= 0.3 is 23.9 Å². The van der Waals surface area contributed by atoms with Crippen LogP contribution in [0.25, 0.3) is 0 Å². The van der Waals surface area contributed by atoms with E-state index in [9.17, 15) is 19.2 Å². The first-order valence-corrected chi connectivity index (χ1v) is 18.5. The molecule has 0 aromatic carbocycles. The van der Waals surface area contributed by atoms with Crippen LogP contribution in [0.2, 0.25) is 0 Å². The zero-order valence-corrected chi connectivity index (χ0v) is 30.0. The molecule has 0 bridgehead atoms. The summed E-state index contributed by atoms with van der Waals surface area (Å²) in [5, 5.41) is 8.73. The Morgan fingerprint density at radius 1 is 0.609 bits per heavy atom. The number of hydrogen-bond acceptors (Lipinski definition) is 7. The molecule has 0 aromatic heterocycles. The summed E-state index contributed by atoms with van der Waals surface area (Å²) in [7, 11) is 1.38. The number of methoxy groups -OCH3 is 1. The molecule has 0 saturated heterocycles. The lowest BCUT2D eigenvalue weighted by Crippen LogP contribution is -2.40. The zero-order chi connectivity index (χ0) is 34.3. The van der Waals surface area contributed by atoms with Gasteiger partial charge in [0.05, 0.1) is 7.11 Å². The van der Waals surface area contributed by atoms with Crippen LogP contribution in [0.15, 0.2) is 11.6 Å². The van der Waals surface area contributed by atoms with Crippen LogP contribution >= 0.6 is 0 Å². The molecule has 8 heteroatoms. The summed E-state index contributed by atoms with van der Waals surface area (Å²) in [5.41, 5.74) is -0.454. The van der Waals surface area contributed by atoms with E-state index in [0.717, 1.165) is 77.0 Å². The summed E-state index contributed by atoms with van der Waals surface area (Å²) in [6.45, 7) is 4.90. The van der Waals surface area contributed by atoms with Gasteiger partial charge in [-0.05, 0) is 32.1 Å². The van der Waals surface area contributed by atoms with Gasteiger partial charge in [0.2, 0.25) is 0 Å². The number of rotatable bonds is 32. The summed E-state index contributed by atoms with van der Waals surface area (Å²) in [5.74, 6) is -1.99. The Morgan fingerprint density at radius 3 is 1.46 bits per heavy atom. The van der Waals surface area contributed by atoms with Gasteiger partial charge in [0.15, 0.2) is 0 Å². The maximum absolute atomic E-state index is 12.6. The number of carbonyl (C=O) groups excluding carboxylic acids is 3. The molecule has 0 aliphatic rings. The van der Waals surface area contributed by atoms with Gasteiger partial charge < -0.3 is 19.3 Å². The summed E-state index contributed by atoms with van der Waals surface area (Å²) in [4.78, 5) is 47.1. The van der Waals surface area contributed by atoms with Gasteiger partial charge in [0.25, 0.3) is 0 Å². The summed E-state index contributed by atoms with van der Waals surface area (Å²) in [6.07, 6.45) is 28.6. The highest BCUT2D eigenvalue weighted by Crippen LogP contribution is 2.28. The average Bonchev–Trinajstić information content (AvgIpc) is 3.01. The molecule has 46 heavy (non-hydrogen) atoms. The Labute approximate surface area is 280 Å². The third-order valence-corrected chi connectivity index (χ3v) is 8.64. The molecule has 0 heterocycles. The van der Waals surface area contributed by atoms with Crippen molar-refractivity contribution in [1.82, 2.24) is 0 Å². The third kappa shape index (κ3) is 26.8. The molecule has 0 aromatic rings. The lowest BCUT2D eigenvalue weighted by Gasteiger charge is -2.32. The fourth-order valence-electron chi connectivity index (χ4n) is 5.92. The van der Waals surface area contributed by atoms with Crippen LogP contribution in [0.3, 0.4) is 0 Å². The van der Waals surface area contributed by atoms with E-state index in [1.54, 1.807) is 0 Å². The van der Waals surface area contributed by atoms with Gasteiger partial charge in [-0.25, -0.2) is 4.79 Å². The van der Waals surface area contributed by atoms with Crippen molar-refractivity contribution >= 4 is 23.9 Å². The SMILES string of the molecule is CCCCCCCCCCCCCCC/C(=C/CC(CCCCCCCCCCCC(=O)O)(COC(C)=O)OC(C)=O)C(=O)OC. The van der Waals surface area contributed by atoms with Gasteiger partial charge in [0.1, 0.15) is 12.2 Å². The number of carboxylic acid groups (broad SMARTS) is 1. The maximum atomic E-state index is 12.6. The molecule has 0 aliphatic heterocycles. The fraction of sp³-hybridized carbons (Fsp3) is 0.842. The topological polar surface area (TPSA) is 116 Å². The van der Waals surface area contributed by atoms with Crippen molar-refractivity contribution in [2.75, 3.05) is 13.7 Å². The quantitative estimate of drug-likeness (QED) is 0.0330. The molecule has 0 aliphatic carbocycles. The minimum absolute atomic E-state index is 0.0536. The van der Waals surface area contributed by atoms with E-state index in [2.05, 4.69) is 6.92 Å². The first-order chi connectivity index (χ1) is 22.2. The summed E-state index contributed by atoms with van der Waals surface area (Å²) < 4.78 is 16.3. The molecule has 0 saturated carbocycles. The molecule has 268 valence electrons. The molecule has 0 rings (SSSR count). The molecule has 8 nitrogen and oxygen atoms in total. The molecule has 0 spiro atoms. The number of carbonyl (C=O) groups is 4. The molecular formula is C38H68O8. The Hall–Kier alpha value is -2.38. The van der Waals surface area contributed by atoms with Crippen molar-refractivity contribution in [3.63, 3.8) is 0 Å². The molecule has 1 unspecified atom stereocenters. The minimum Gasteiger partial charge on any atom is -0.481 e. The monoisotopic (exact) mass is 652 g/mol. The summed E-state index contributed by atoms with van der Waals surface area (Å²) in [6, 6.07) is 0. The number of carboxylic acids is 1. The smallest absolute Gasteiger partial charge is 0.333 e. The van der Waals surface area contributed by atoms with Crippen LogP contribution in [0.5, 0.6) is 0 Å². The van der Waals surface area contributed by atoms with Gasteiger partial charge in [-0.1, -0.05) is 135 Å². The molecule has 0 radical (unpaired) electrons. The van der Waals surface area contributed by atoms with E-state index >= 15 is 0 Å². The van der Waals surface area contributed by atoms with Crippen molar-refractivity contribution in [1.29, 1.82) is 0 Å². The Bertz CT molecular complexity index is 837. The average molecular weight is 653 g/mol. The van der Waals surface area contributed by atoms with Gasteiger partial charge in [-0.3, -0.25) is 14.4 Å². The van der Waals surface area contributed by atoms with Crippen LogP contribution < -0.4 is 0 Å².